The predicted molar refractivity (Wildman–Crippen MR) is 77.6 cm³/mol. The number of halogens is 1. The second kappa shape index (κ2) is 8.11. The van der Waals surface area contributed by atoms with Crippen LogP contribution in [0.3, 0.4) is 0 Å². The fourth-order valence-electron chi connectivity index (χ4n) is 1.95. The van der Waals surface area contributed by atoms with E-state index in [1.54, 1.807) is 13.0 Å². The van der Waals surface area contributed by atoms with Crippen molar-refractivity contribution < 1.29 is 23.9 Å². The second-order valence-electron chi connectivity index (χ2n) is 4.86. The van der Waals surface area contributed by atoms with Gasteiger partial charge in [0.2, 0.25) is 11.8 Å². The SMILES string of the molecule is CC[C@@H](NC(=O)[C@H](Cc1ccccc1F)NC(C)=O)C(=O)O. The first-order valence-electron chi connectivity index (χ1n) is 6.88. The van der Waals surface area contributed by atoms with E-state index in [0.717, 1.165) is 0 Å². The molecule has 120 valence electrons. The molecule has 0 heterocycles. The summed E-state index contributed by atoms with van der Waals surface area (Å²) in [6.07, 6.45) is 0.141. The van der Waals surface area contributed by atoms with E-state index in [1.165, 1.54) is 25.1 Å². The smallest absolute Gasteiger partial charge is 0.326 e. The van der Waals surface area contributed by atoms with Gasteiger partial charge in [0.1, 0.15) is 17.9 Å². The van der Waals surface area contributed by atoms with Crippen molar-refractivity contribution in [3.8, 4) is 0 Å². The van der Waals surface area contributed by atoms with Gasteiger partial charge in [-0.05, 0) is 18.1 Å². The Morgan fingerprint density at radius 3 is 2.32 bits per heavy atom. The standard InChI is InChI=1S/C15H19FN2O4/c1-3-12(15(21)22)18-14(20)13(17-9(2)19)8-10-6-4-5-7-11(10)16/h4-7,12-13H,3,8H2,1-2H3,(H,17,19)(H,18,20)(H,21,22)/t12-,13+/m1/s1. The van der Waals surface area contributed by atoms with Crippen LogP contribution in [0.2, 0.25) is 0 Å². The minimum atomic E-state index is -1.16. The van der Waals surface area contributed by atoms with Gasteiger partial charge in [0.05, 0.1) is 0 Å². The van der Waals surface area contributed by atoms with Crippen LogP contribution in [-0.2, 0) is 20.8 Å². The van der Waals surface area contributed by atoms with Gasteiger partial charge in [-0.2, -0.15) is 0 Å². The van der Waals surface area contributed by atoms with Crippen LogP contribution in [0, 0.1) is 5.82 Å². The number of carbonyl (C=O) groups excluding carboxylic acids is 2. The monoisotopic (exact) mass is 310 g/mol. The van der Waals surface area contributed by atoms with Gasteiger partial charge < -0.3 is 15.7 Å². The lowest BCUT2D eigenvalue weighted by molar-refractivity contribution is -0.142. The average Bonchev–Trinajstić information content (AvgIpc) is 2.45. The Balaban J connectivity index is 2.88. The maximum atomic E-state index is 13.7. The number of hydrogen-bond acceptors (Lipinski definition) is 3. The zero-order valence-electron chi connectivity index (χ0n) is 12.4. The van der Waals surface area contributed by atoms with Gasteiger partial charge in [-0.15, -0.1) is 0 Å². The lowest BCUT2D eigenvalue weighted by Gasteiger charge is -2.20. The maximum Gasteiger partial charge on any atom is 0.326 e. The molecule has 0 radical (unpaired) electrons. The topological polar surface area (TPSA) is 95.5 Å². The van der Waals surface area contributed by atoms with Gasteiger partial charge in [-0.1, -0.05) is 25.1 Å². The molecule has 2 atom stereocenters. The van der Waals surface area contributed by atoms with E-state index in [1.807, 2.05) is 0 Å². The molecule has 0 aliphatic rings. The summed E-state index contributed by atoms with van der Waals surface area (Å²) in [5.74, 6) is -2.77. The van der Waals surface area contributed by atoms with Gasteiger partial charge in [-0.3, -0.25) is 9.59 Å². The molecule has 0 fully saturated rings. The van der Waals surface area contributed by atoms with Crippen molar-refractivity contribution >= 4 is 17.8 Å². The van der Waals surface area contributed by atoms with E-state index in [2.05, 4.69) is 10.6 Å². The molecule has 6 nitrogen and oxygen atoms in total. The van der Waals surface area contributed by atoms with Crippen molar-refractivity contribution in [2.45, 2.75) is 38.8 Å². The Kier molecular flexibility index (Phi) is 6.49. The van der Waals surface area contributed by atoms with Gasteiger partial charge in [0.25, 0.3) is 0 Å². The van der Waals surface area contributed by atoms with Crippen LogP contribution in [0.25, 0.3) is 0 Å². The first kappa shape index (κ1) is 17.6. The van der Waals surface area contributed by atoms with Gasteiger partial charge >= 0.3 is 5.97 Å². The molecule has 0 spiro atoms. The van der Waals surface area contributed by atoms with E-state index in [9.17, 15) is 18.8 Å². The first-order chi connectivity index (χ1) is 10.3. The number of benzene rings is 1. The van der Waals surface area contributed by atoms with Crippen LogP contribution in [0.5, 0.6) is 0 Å². The van der Waals surface area contributed by atoms with E-state index < -0.39 is 35.7 Å². The van der Waals surface area contributed by atoms with Gasteiger partial charge in [0, 0.05) is 13.3 Å². The quantitative estimate of drug-likeness (QED) is 0.696. The van der Waals surface area contributed by atoms with Crippen molar-refractivity contribution in [3.63, 3.8) is 0 Å². The fourth-order valence-corrected chi connectivity index (χ4v) is 1.95. The van der Waals surface area contributed by atoms with Crippen LogP contribution in [0.15, 0.2) is 24.3 Å². The average molecular weight is 310 g/mol. The highest BCUT2D eigenvalue weighted by molar-refractivity contribution is 5.90. The van der Waals surface area contributed by atoms with Crippen molar-refractivity contribution in [1.82, 2.24) is 10.6 Å². The summed E-state index contributed by atoms with van der Waals surface area (Å²) < 4.78 is 13.7. The van der Waals surface area contributed by atoms with E-state index in [-0.39, 0.29) is 18.4 Å². The van der Waals surface area contributed by atoms with Crippen LogP contribution in [0.4, 0.5) is 4.39 Å². The molecule has 0 aliphatic carbocycles. The number of hydrogen-bond donors (Lipinski definition) is 3. The van der Waals surface area contributed by atoms with Crippen LogP contribution < -0.4 is 10.6 Å². The highest BCUT2D eigenvalue weighted by Crippen LogP contribution is 2.10. The molecule has 1 aromatic rings. The van der Waals surface area contributed by atoms with Crippen LogP contribution in [-0.4, -0.2) is 35.0 Å². The summed E-state index contributed by atoms with van der Waals surface area (Å²) in [6.45, 7) is 2.85. The van der Waals surface area contributed by atoms with Crippen molar-refractivity contribution in [1.29, 1.82) is 0 Å². The minimum absolute atomic E-state index is 0.0614. The first-order valence-corrected chi connectivity index (χ1v) is 6.88. The molecule has 7 heteroatoms. The number of amides is 2. The second-order valence-corrected chi connectivity index (χ2v) is 4.86. The lowest BCUT2D eigenvalue weighted by Crippen LogP contribution is -2.52. The highest BCUT2D eigenvalue weighted by atomic mass is 19.1. The molecule has 0 saturated heterocycles. The van der Waals surface area contributed by atoms with Crippen LogP contribution in [0.1, 0.15) is 25.8 Å². The fraction of sp³-hybridized carbons (Fsp3) is 0.400. The number of carboxylic acid groups (broad SMARTS) is 1. The van der Waals surface area contributed by atoms with Gasteiger partial charge in [0.15, 0.2) is 0 Å². The summed E-state index contributed by atoms with van der Waals surface area (Å²) in [7, 11) is 0. The minimum Gasteiger partial charge on any atom is -0.480 e. The molecule has 22 heavy (non-hydrogen) atoms. The largest absolute Gasteiger partial charge is 0.480 e. The molecule has 0 unspecified atom stereocenters. The molecule has 0 saturated carbocycles. The van der Waals surface area contributed by atoms with Crippen molar-refractivity contribution in [3.05, 3.63) is 35.6 Å². The predicted octanol–water partition coefficient (Wildman–Crippen LogP) is 0.852. The number of carbonyl (C=O) groups is 3. The van der Waals surface area contributed by atoms with E-state index in [4.69, 9.17) is 5.11 Å². The Hall–Kier alpha value is -2.44. The molecular weight excluding hydrogens is 291 g/mol. The number of rotatable bonds is 7. The molecule has 0 aliphatic heterocycles. The Morgan fingerprint density at radius 2 is 1.82 bits per heavy atom. The molecule has 1 aromatic carbocycles. The van der Waals surface area contributed by atoms with Crippen molar-refractivity contribution in [2.24, 2.45) is 0 Å². The molecule has 1 rings (SSSR count). The molecule has 2 amide bonds. The zero-order valence-corrected chi connectivity index (χ0v) is 12.4. The summed E-state index contributed by atoms with van der Waals surface area (Å²) in [5, 5.41) is 13.7. The van der Waals surface area contributed by atoms with Gasteiger partial charge in [-0.25, -0.2) is 9.18 Å². The van der Waals surface area contributed by atoms with E-state index >= 15 is 0 Å². The zero-order chi connectivity index (χ0) is 16.7. The molecule has 0 aromatic heterocycles. The van der Waals surface area contributed by atoms with Crippen molar-refractivity contribution in [2.75, 3.05) is 0 Å². The Bertz CT molecular complexity index is 562. The number of carboxylic acids is 1. The third kappa shape index (κ3) is 5.16. The third-order valence-corrected chi connectivity index (χ3v) is 3.10. The normalized spacial score (nSPS) is 13.0. The highest BCUT2D eigenvalue weighted by Gasteiger charge is 2.25. The summed E-state index contributed by atoms with van der Waals surface area (Å²) in [4.78, 5) is 34.3. The Labute approximate surface area is 127 Å². The molecule has 3 N–H and O–H groups in total. The summed E-state index contributed by atoms with van der Waals surface area (Å²) >= 11 is 0. The Morgan fingerprint density at radius 1 is 1.18 bits per heavy atom. The third-order valence-electron chi connectivity index (χ3n) is 3.10. The van der Waals surface area contributed by atoms with E-state index in [0.29, 0.717) is 0 Å². The number of aliphatic carboxylic acids is 1. The van der Waals surface area contributed by atoms with Crippen LogP contribution >= 0.6 is 0 Å². The lowest BCUT2D eigenvalue weighted by atomic mass is 10.0. The number of nitrogens with one attached hydrogen (secondary N) is 2. The maximum absolute atomic E-state index is 13.7. The summed E-state index contributed by atoms with van der Waals surface area (Å²) in [6, 6.07) is 3.81. The molecular formula is C15H19FN2O4. The summed E-state index contributed by atoms with van der Waals surface area (Å²) in [5.41, 5.74) is 0.264. The molecule has 0 bridgehead atoms.